The highest BCUT2D eigenvalue weighted by atomic mass is 16.5. The van der Waals surface area contributed by atoms with E-state index in [4.69, 9.17) is 19.9 Å². The van der Waals surface area contributed by atoms with Crippen molar-refractivity contribution in [1.29, 1.82) is 0 Å². The van der Waals surface area contributed by atoms with E-state index >= 15 is 0 Å². The standard InChI is InChI=1S/C7H16NO3/c1-9-4-5-11-7-6-10-3-2-8/h8H,2-7H2,1H3. The van der Waals surface area contributed by atoms with Crippen molar-refractivity contribution >= 4 is 0 Å². The molecule has 0 amide bonds. The second-order valence-corrected chi connectivity index (χ2v) is 1.97. The maximum Gasteiger partial charge on any atom is 0.0701 e. The lowest BCUT2D eigenvalue weighted by atomic mass is 10.7. The van der Waals surface area contributed by atoms with Gasteiger partial charge in [-0.1, -0.05) is 0 Å². The number of rotatable bonds is 8. The van der Waals surface area contributed by atoms with Crippen molar-refractivity contribution in [3.05, 3.63) is 0 Å². The molecular weight excluding hydrogens is 146 g/mol. The van der Waals surface area contributed by atoms with Crippen molar-refractivity contribution in [3.63, 3.8) is 0 Å². The number of methoxy groups -OCH3 is 1. The third-order valence-corrected chi connectivity index (χ3v) is 1.05. The van der Waals surface area contributed by atoms with Gasteiger partial charge < -0.3 is 14.2 Å². The zero-order chi connectivity index (χ0) is 8.36. The molecule has 0 aromatic rings. The predicted molar refractivity (Wildman–Crippen MR) is 41.5 cm³/mol. The molecule has 4 nitrogen and oxygen atoms in total. The highest BCUT2D eigenvalue weighted by Gasteiger charge is 1.87. The fraction of sp³-hybridized carbons (Fsp3) is 1.00. The molecule has 0 aliphatic heterocycles. The third-order valence-electron chi connectivity index (χ3n) is 1.05. The highest BCUT2D eigenvalue weighted by molar-refractivity contribution is 4.32. The molecule has 0 spiro atoms. The van der Waals surface area contributed by atoms with Gasteiger partial charge in [0, 0.05) is 13.7 Å². The Balaban J connectivity index is 2.69. The Kier molecular flexibility index (Phi) is 9.70. The average molecular weight is 162 g/mol. The van der Waals surface area contributed by atoms with Gasteiger partial charge in [0.05, 0.1) is 33.0 Å². The first-order chi connectivity index (χ1) is 5.41. The summed E-state index contributed by atoms with van der Waals surface area (Å²) in [6, 6.07) is 0. The maximum atomic E-state index is 6.76. The summed E-state index contributed by atoms with van der Waals surface area (Å²) in [5.74, 6) is 0. The molecule has 0 bridgehead atoms. The average Bonchev–Trinajstić information content (AvgIpc) is 2.03. The quantitative estimate of drug-likeness (QED) is 0.470. The smallest absolute Gasteiger partial charge is 0.0701 e. The van der Waals surface area contributed by atoms with Crippen molar-refractivity contribution in [2.75, 3.05) is 46.7 Å². The second-order valence-electron chi connectivity index (χ2n) is 1.97. The topological polar surface area (TPSA) is 51.5 Å². The second kappa shape index (κ2) is 9.84. The summed E-state index contributed by atoms with van der Waals surface area (Å²) in [4.78, 5) is 0. The molecule has 0 atom stereocenters. The summed E-state index contributed by atoms with van der Waals surface area (Å²) in [5.41, 5.74) is 6.76. The fourth-order valence-corrected chi connectivity index (χ4v) is 0.536. The van der Waals surface area contributed by atoms with Crippen LogP contribution in [-0.4, -0.2) is 46.7 Å². The Bertz CT molecular complexity index is 62.7. The third kappa shape index (κ3) is 9.84. The maximum absolute atomic E-state index is 6.76. The number of hydrogen-bond donors (Lipinski definition) is 0. The number of nitrogens with one attached hydrogen (secondary N) is 1. The van der Waals surface area contributed by atoms with Crippen LogP contribution in [0, 0.1) is 0 Å². The summed E-state index contributed by atoms with van der Waals surface area (Å²) in [6.07, 6.45) is 0. The number of ether oxygens (including phenoxy) is 3. The Morgan fingerprint density at radius 2 is 1.45 bits per heavy atom. The van der Waals surface area contributed by atoms with Gasteiger partial charge in [-0.05, 0) is 0 Å². The van der Waals surface area contributed by atoms with Crippen LogP contribution in [0.3, 0.4) is 0 Å². The van der Waals surface area contributed by atoms with E-state index in [-0.39, 0.29) is 0 Å². The van der Waals surface area contributed by atoms with Gasteiger partial charge in [-0.2, -0.15) is 0 Å². The fourth-order valence-electron chi connectivity index (χ4n) is 0.536. The zero-order valence-electron chi connectivity index (χ0n) is 6.97. The molecule has 0 fully saturated rings. The summed E-state index contributed by atoms with van der Waals surface area (Å²) in [7, 11) is 1.64. The van der Waals surface area contributed by atoms with Gasteiger partial charge >= 0.3 is 0 Å². The first-order valence-corrected chi connectivity index (χ1v) is 3.71. The van der Waals surface area contributed by atoms with E-state index in [9.17, 15) is 0 Å². The van der Waals surface area contributed by atoms with Gasteiger partial charge in [0.25, 0.3) is 0 Å². The lowest BCUT2D eigenvalue weighted by Crippen LogP contribution is -2.10. The van der Waals surface area contributed by atoms with Crippen molar-refractivity contribution in [3.8, 4) is 0 Å². The lowest BCUT2D eigenvalue weighted by molar-refractivity contribution is 0.0265. The van der Waals surface area contributed by atoms with Crippen LogP contribution in [0.25, 0.3) is 0 Å². The molecule has 0 rings (SSSR count). The molecule has 1 radical (unpaired) electrons. The molecule has 0 aromatic heterocycles. The van der Waals surface area contributed by atoms with E-state index in [1.165, 1.54) is 0 Å². The van der Waals surface area contributed by atoms with Crippen molar-refractivity contribution in [2.24, 2.45) is 0 Å². The van der Waals surface area contributed by atoms with E-state index in [0.717, 1.165) is 0 Å². The van der Waals surface area contributed by atoms with Crippen LogP contribution < -0.4 is 5.73 Å². The van der Waals surface area contributed by atoms with Crippen molar-refractivity contribution in [1.82, 2.24) is 5.73 Å². The van der Waals surface area contributed by atoms with Crippen LogP contribution in [0.4, 0.5) is 0 Å². The molecule has 4 heteroatoms. The minimum absolute atomic E-state index is 0.318. The minimum Gasteiger partial charge on any atom is -0.382 e. The molecule has 1 N–H and O–H groups in total. The molecule has 11 heavy (non-hydrogen) atoms. The molecule has 0 aromatic carbocycles. The molecule has 0 unspecified atom stereocenters. The molecule has 0 aliphatic carbocycles. The van der Waals surface area contributed by atoms with Crippen LogP contribution in [0.5, 0.6) is 0 Å². The SMILES string of the molecule is COCCOCCOCC[NH]. The molecule has 0 heterocycles. The molecule has 0 saturated carbocycles. The van der Waals surface area contributed by atoms with Crippen LogP contribution in [-0.2, 0) is 14.2 Å². The molecular formula is C7H16NO3. The zero-order valence-corrected chi connectivity index (χ0v) is 6.97. The van der Waals surface area contributed by atoms with E-state index in [0.29, 0.717) is 39.6 Å². The summed E-state index contributed by atoms with van der Waals surface area (Å²) in [5, 5.41) is 0. The van der Waals surface area contributed by atoms with Gasteiger partial charge in [0.1, 0.15) is 0 Å². The summed E-state index contributed by atoms with van der Waals surface area (Å²) >= 11 is 0. The van der Waals surface area contributed by atoms with Crippen LogP contribution >= 0.6 is 0 Å². The normalized spacial score (nSPS) is 10.4. The summed E-state index contributed by atoms with van der Waals surface area (Å²) in [6.45, 7) is 3.21. The monoisotopic (exact) mass is 162 g/mol. The highest BCUT2D eigenvalue weighted by Crippen LogP contribution is 1.78. The molecule has 0 aliphatic rings. The van der Waals surface area contributed by atoms with Crippen molar-refractivity contribution < 1.29 is 14.2 Å². The van der Waals surface area contributed by atoms with Gasteiger partial charge in [-0.3, -0.25) is 5.73 Å². The van der Waals surface area contributed by atoms with Crippen LogP contribution in [0.1, 0.15) is 0 Å². The van der Waals surface area contributed by atoms with E-state index in [2.05, 4.69) is 0 Å². The number of hydrogen-bond acceptors (Lipinski definition) is 3. The van der Waals surface area contributed by atoms with Crippen LogP contribution in [0.15, 0.2) is 0 Å². The first-order valence-electron chi connectivity index (χ1n) is 3.71. The van der Waals surface area contributed by atoms with Gasteiger partial charge in [-0.25, -0.2) is 0 Å². The Labute approximate surface area is 67.6 Å². The van der Waals surface area contributed by atoms with Crippen molar-refractivity contribution in [2.45, 2.75) is 0 Å². The van der Waals surface area contributed by atoms with Crippen LogP contribution in [0.2, 0.25) is 0 Å². The Morgan fingerprint density at radius 3 is 2.00 bits per heavy atom. The molecule has 67 valence electrons. The Hall–Kier alpha value is -0.160. The lowest BCUT2D eigenvalue weighted by Gasteiger charge is -2.03. The van der Waals surface area contributed by atoms with E-state index in [1.54, 1.807) is 7.11 Å². The molecule has 0 saturated heterocycles. The summed E-state index contributed by atoms with van der Waals surface area (Å²) < 4.78 is 14.9. The largest absolute Gasteiger partial charge is 0.382 e. The van der Waals surface area contributed by atoms with E-state index < -0.39 is 0 Å². The van der Waals surface area contributed by atoms with Gasteiger partial charge in [0.2, 0.25) is 0 Å². The predicted octanol–water partition coefficient (Wildman–Crippen LogP) is -0.0511. The van der Waals surface area contributed by atoms with Gasteiger partial charge in [-0.15, -0.1) is 0 Å². The Morgan fingerprint density at radius 1 is 0.909 bits per heavy atom. The van der Waals surface area contributed by atoms with Gasteiger partial charge in [0.15, 0.2) is 0 Å². The first kappa shape index (κ1) is 10.8. The van der Waals surface area contributed by atoms with E-state index in [1.807, 2.05) is 0 Å². The minimum atomic E-state index is 0.318.